The van der Waals surface area contributed by atoms with E-state index in [1.807, 2.05) is 6.92 Å². The van der Waals surface area contributed by atoms with Gasteiger partial charge in [-0.15, -0.1) is 0 Å². The Kier molecular flexibility index (Phi) is 3.93. The predicted molar refractivity (Wildman–Crippen MR) is 90.5 cm³/mol. The van der Waals surface area contributed by atoms with Crippen LogP contribution in [0, 0.1) is 6.92 Å². The molecule has 1 aliphatic heterocycles. The first-order valence-electron chi connectivity index (χ1n) is 6.96. The third kappa shape index (κ3) is 2.74. The lowest BCUT2D eigenvalue weighted by Gasteiger charge is -2.20. The number of carbonyl (C=O) groups is 1. The minimum absolute atomic E-state index is 0.166. The molecule has 0 spiro atoms. The summed E-state index contributed by atoms with van der Waals surface area (Å²) in [6.07, 6.45) is 0.499. The van der Waals surface area contributed by atoms with E-state index in [-0.39, 0.29) is 10.5 Å². The summed E-state index contributed by atoms with van der Waals surface area (Å²) < 4.78 is 27.7. The number of fused-ring (bicyclic) bond motifs is 1. The molecule has 5 nitrogen and oxygen atoms in total. The molecule has 1 aliphatic rings. The molecule has 0 atom stereocenters. The molecule has 23 heavy (non-hydrogen) atoms. The average Bonchev–Trinajstić information content (AvgIpc) is 2.90. The molecule has 0 unspecified atom stereocenters. The summed E-state index contributed by atoms with van der Waals surface area (Å²) in [7, 11) is -3.69. The standard InChI is InChI=1S/C16H14BrNO4S/c1-10-2-5-15(13(17)8-10)23(21,22)18-7-6-11-9-12(16(19)20)3-4-14(11)18/h2-5,8-9H,6-7H2,1H3,(H,19,20). The number of sulfonamides is 1. The Labute approximate surface area is 142 Å². The second-order valence-electron chi connectivity index (χ2n) is 5.41. The molecule has 0 saturated heterocycles. The van der Waals surface area contributed by atoms with E-state index in [1.54, 1.807) is 24.3 Å². The van der Waals surface area contributed by atoms with Crippen LogP contribution in [0.1, 0.15) is 21.5 Å². The van der Waals surface area contributed by atoms with Gasteiger partial charge in [0.15, 0.2) is 0 Å². The second-order valence-corrected chi connectivity index (χ2v) is 8.09. The summed E-state index contributed by atoms with van der Waals surface area (Å²) >= 11 is 3.32. The number of nitrogens with zero attached hydrogens (tertiary/aromatic N) is 1. The molecule has 0 saturated carbocycles. The highest BCUT2D eigenvalue weighted by molar-refractivity contribution is 9.10. The minimum atomic E-state index is -3.69. The van der Waals surface area contributed by atoms with Gasteiger partial charge >= 0.3 is 5.97 Å². The first kappa shape index (κ1) is 16.0. The quantitative estimate of drug-likeness (QED) is 0.865. The fraction of sp³-hybridized carbons (Fsp3) is 0.188. The molecular weight excluding hydrogens is 382 g/mol. The Bertz CT molecular complexity index is 908. The summed E-state index contributed by atoms with van der Waals surface area (Å²) in [4.78, 5) is 11.2. The monoisotopic (exact) mass is 395 g/mol. The van der Waals surface area contributed by atoms with E-state index >= 15 is 0 Å². The van der Waals surface area contributed by atoms with Crippen LogP contribution in [0.5, 0.6) is 0 Å². The number of carboxylic acids is 1. The maximum Gasteiger partial charge on any atom is 0.335 e. The van der Waals surface area contributed by atoms with Crippen molar-refractivity contribution in [1.82, 2.24) is 0 Å². The summed E-state index contributed by atoms with van der Waals surface area (Å²) in [5.74, 6) is -1.02. The summed E-state index contributed by atoms with van der Waals surface area (Å²) in [6.45, 7) is 2.20. The summed E-state index contributed by atoms with van der Waals surface area (Å²) in [5, 5.41) is 9.04. The van der Waals surface area contributed by atoms with E-state index in [0.29, 0.717) is 23.1 Å². The molecule has 0 aliphatic carbocycles. The van der Waals surface area contributed by atoms with Crippen LogP contribution in [0.4, 0.5) is 5.69 Å². The molecule has 3 rings (SSSR count). The van der Waals surface area contributed by atoms with Crippen molar-refractivity contribution in [3.63, 3.8) is 0 Å². The molecule has 0 amide bonds. The topological polar surface area (TPSA) is 74.7 Å². The molecule has 0 aromatic heterocycles. The maximum atomic E-state index is 12.9. The van der Waals surface area contributed by atoms with Crippen LogP contribution in [0.15, 0.2) is 45.8 Å². The van der Waals surface area contributed by atoms with Crippen molar-refractivity contribution in [3.8, 4) is 0 Å². The summed E-state index contributed by atoms with van der Waals surface area (Å²) in [5.41, 5.74) is 2.41. The average molecular weight is 396 g/mol. The molecule has 1 N–H and O–H groups in total. The highest BCUT2D eigenvalue weighted by atomic mass is 79.9. The molecule has 7 heteroatoms. The molecule has 1 heterocycles. The zero-order valence-electron chi connectivity index (χ0n) is 12.3. The van der Waals surface area contributed by atoms with Crippen molar-refractivity contribution in [2.24, 2.45) is 0 Å². The van der Waals surface area contributed by atoms with Crippen molar-refractivity contribution in [3.05, 3.63) is 57.6 Å². The molecule has 0 fully saturated rings. The van der Waals surface area contributed by atoms with Crippen molar-refractivity contribution >= 4 is 37.6 Å². The number of aromatic carboxylic acids is 1. The van der Waals surface area contributed by atoms with Gasteiger partial charge in [0, 0.05) is 11.0 Å². The first-order chi connectivity index (χ1) is 10.8. The number of halogens is 1. The minimum Gasteiger partial charge on any atom is -0.478 e. The highest BCUT2D eigenvalue weighted by Crippen LogP contribution is 2.35. The van der Waals surface area contributed by atoms with E-state index in [1.165, 1.54) is 16.4 Å². The molecule has 0 bridgehead atoms. The first-order valence-corrected chi connectivity index (χ1v) is 9.19. The van der Waals surface area contributed by atoms with Gasteiger partial charge in [0.25, 0.3) is 10.0 Å². The number of aryl methyl sites for hydroxylation is 1. The lowest BCUT2D eigenvalue weighted by Crippen LogP contribution is -2.29. The normalized spacial score (nSPS) is 13.9. The van der Waals surface area contributed by atoms with Gasteiger partial charge in [-0.2, -0.15) is 0 Å². The van der Waals surface area contributed by atoms with Gasteiger partial charge in [0.2, 0.25) is 0 Å². The van der Waals surface area contributed by atoms with Crippen LogP contribution in [0.25, 0.3) is 0 Å². The van der Waals surface area contributed by atoms with Crippen molar-refractivity contribution in [2.75, 3.05) is 10.8 Å². The van der Waals surface area contributed by atoms with Crippen LogP contribution in [-0.2, 0) is 16.4 Å². The molecule has 2 aromatic carbocycles. The number of anilines is 1. The van der Waals surface area contributed by atoms with Crippen molar-refractivity contribution in [1.29, 1.82) is 0 Å². The fourth-order valence-corrected chi connectivity index (χ4v) is 5.35. The fourth-order valence-electron chi connectivity index (χ4n) is 2.69. The van der Waals surface area contributed by atoms with Gasteiger partial charge in [-0.3, -0.25) is 4.31 Å². The lowest BCUT2D eigenvalue weighted by molar-refractivity contribution is 0.0697. The number of hydrogen-bond donors (Lipinski definition) is 1. The van der Waals surface area contributed by atoms with Gasteiger partial charge < -0.3 is 5.11 Å². The van der Waals surface area contributed by atoms with Crippen LogP contribution >= 0.6 is 15.9 Å². The van der Waals surface area contributed by atoms with Crippen LogP contribution in [0.2, 0.25) is 0 Å². The Hall–Kier alpha value is -1.86. The predicted octanol–water partition coefficient (Wildman–Crippen LogP) is 3.21. The molecule has 120 valence electrons. The SMILES string of the molecule is Cc1ccc(S(=O)(=O)N2CCc3cc(C(=O)O)ccc32)c(Br)c1. The second kappa shape index (κ2) is 5.65. The van der Waals surface area contributed by atoms with E-state index in [4.69, 9.17) is 5.11 Å². The number of hydrogen-bond acceptors (Lipinski definition) is 3. The molecule has 0 radical (unpaired) electrons. The number of carboxylic acid groups (broad SMARTS) is 1. The van der Waals surface area contributed by atoms with Crippen LogP contribution in [-0.4, -0.2) is 26.0 Å². The Balaban J connectivity index is 2.06. The van der Waals surface area contributed by atoms with Gasteiger partial charge in [0.1, 0.15) is 4.90 Å². The Morgan fingerprint density at radius 3 is 2.61 bits per heavy atom. The van der Waals surface area contributed by atoms with E-state index < -0.39 is 16.0 Å². The van der Waals surface area contributed by atoms with E-state index in [0.717, 1.165) is 11.1 Å². The maximum absolute atomic E-state index is 12.9. The third-order valence-electron chi connectivity index (χ3n) is 3.83. The zero-order chi connectivity index (χ0) is 16.8. The number of benzene rings is 2. The largest absolute Gasteiger partial charge is 0.478 e. The van der Waals surface area contributed by atoms with Crippen LogP contribution < -0.4 is 4.31 Å². The van der Waals surface area contributed by atoms with Crippen LogP contribution in [0.3, 0.4) is 0 Å². The van der Waals surface area contributed by atoms with Gasteiger partial charge in [0.05, 0.1) is 11.3 Å². The number of rotatable bonds is 3. The Morgan fingerprint density at radius 2 is 1.96 bits per heavy atom. The zero-order valence-corrected chi connectivity index (χ0v) is 14.7. The molecule has 2 aromatic rings. The lowest BCUT2D eigenvalue weighted by atomic mass is 10.1. The van der Waals surface area contributed by atoms with Gasteiger partial charge in [-0.25, -0.2) is 13.2 Å². The van der Waals surface area contributed by atoms with Gasteiger partial charge in [-0.05, 0) is 70.7 Å². The smallest absolute Gasteiger partial charge is 0.335 e. The Morgan fingerprint density at radius 1 is 1.22 bits per heavy atom. The van der Waals surface area contributed by atoms with Crippen molar-refractivity contribution < 1.29 is 18.3 Å². The third-order valence-corrected chi connectivity index (χ3v) is 6.62. The van der Waals surface area contributed by atoms with Gasteiger partial charge in [-0.1, -0.05) is 6.07 Å². The van der Waals surface area contributed by atoms with E-state index in [2.05, 4.69) is 15.9 Å². The van der Waals surface area contributed by atoms with E-state index in [9.17, 15) is 13.2 Å². The van der Waals surface area contributed by atoms with Crippen molar-refractivity contribution in [2.45, 2.75) is 18.2 Å². The molecular formula is C16H14BrNO4S. The summed E-state index contributed by atoms with van der Waals surface area (Å²) in [6, 6.07) is 9.62. The highest BCUT2D eigenvalue weighted by Gasteiger charge is 2.32.